The molecule has 1 heterocycles. The maximum atomic E-state index is 12.6. The molecule has 1 atom stereocenters. The minimum atomic E-state index is -0.456. The van der Waals surface area contributed by atoms with E-state index >= 15 is 0 Å². The molecular formula is C21H25N3O4. The first-order valence-electron chi connectivity index (χ1n) is 9.49. The van der Waals surface area contributed by atoms with Crippen LogP contribution in [0.1, 0.15) is 37.3 Å². The number of ether oxygens (including phenoxy) is 1. The Balaban J connectivity index is 1.67. The molecule has 1 amide bonds. The van der Waals surface area contributed by atoms with Crippen LogP contribution in [0.25, 0.3) is 0 Å². The van der Waals surface area contributed by atoms with Gasteiger partial charge in [0.2, 0.25) is 5.91 Å². The molecule has 0 bridgehead atoms. The average molecular weight is 383 g/mol. The van der Waals surface area contributed by atoms with E-state index < -0.39 is 4.92 Å². The van der Waals surface area contributed by atoms with Crippen LogP contribution in [0.5, 0.6) is 5.75 Å². The standard InChI is InChI=1S/C21H25N3O4/c1-28-19-12-6-16(7-13-19)20-5-3-2-4-14-23(20)15-21(25)22-17-8-10-18(11-9-17)24(26)27/h6-13,20H,2-5,14-15H2,1H3,(H,22,25)/t20-/m1/s1. The number of benzene rings is 2. The lowest BCUT2D eigenvalue weighted by molar-refractivity contribution is -0.384. The largest absolute Gasteiger partial charge is 0.497 e. The number of non-ortho nitro benzene ring substituents is 1. The van der Waals surface area contributed by atoms with Gasteiger partial charge in [-0.25, -0.2) is 0 Å². The van der Waals surface area contributed by atoms with E-state index in [0.29, 0.717) is 5.69 Å². The third kappa shape index (κ3) is 5.07. The molecule has 7 heteroatoms. The van der Waals surface area contributed by atoms with Crippen molar-refractivity contribution in [3.63, 3.8) is 0 Å². The Labute approximate surface area is 164 Å². The van der Waals surface area contributed by atoms with E-state index in [1.54, 1.807) is 19.2 Å². The van der Waals surface area contributed by atoms with Crippen molar-refractivity contribution in [1.29, 1.82) is 0 Å². The summed E-state index contributed by atoms with van der Waals surface area (Å²) < 4.78 is 5.24. The highest BCUT2D eigenvalue weighted by Gasteiger charge is 2.24. The van der Waals surface area contributed by atoms with Crippen LogP contribution < -0.4 is 10.1 Å². The van der Waals surface area contributed by atoms with E-state index in [0.717, 1.165) is 38.0 Å². The highest BCUT2D eigenvalue weighted by molar-refractivity contribution is 5.92. The van der Waals surface area contributed by atoms with Crippen LogP contribution in [-0.4, -0.2) is 35.9 Å². The van der Waals surface area contributed by atoms with E-state index in [4.69, 9.17) is 4.74 Å². The maximum Gasteiger partial charge on any atom is 0.269 e. The minimum absolute atomic E-state index is 0.00471. The number of amides is 1. The van der Waals surface area contributed by atoms with Gasteiger partial charge in [-0.15, -0.1) is 0 Å². The zero-order valence-electron chi connectivity index (χ0n) is 16.0. The Morgan fingerprint density at radius 2 is 1.86 bits per heavy atom. The molecule has 28 heavy (non-hydrogen) atoms. The number of nitrogens with zero attached hydrogens (tertiary/aromatic N) is 2. The first-order valence-corrected chi connectivity index (χ1v) is 9.49. The topological polar surface area (TPSA) is 84.7 Å². The summed E-state index contributed by atoms with van der Waals surface area (Å²) in [6, 6.07) is 14.1. The lowest BCUT2D eigenvalue weighted by atomic mass is 10.0. The number of nitro benzene ring substituents is 1. The lowest BCUT2D eigenvalue weighted by Gasteiger charge is -2.29. The smallest absolute Gasteiger partial charge is 0.269 e. The van der Waals surface area contributed by atoms with Crippen LogP contribution in [-0.2, 0) is 4.79 Å². The zero-order chi connectivity index (χ0) is 19.9. The number of hydrogen-bond donors (Lipinski definition) is 1. The lowest BCUT2D eigenvalue weighted by Crippen LogP contribution is -2.36. The van der Waals surface area contributed by atoms with Crippen LogP contribution in [0.15, 0.2) is 48.5 Å². The van der Waals surface area contributed by atoms with Crippen LogP contribution in [0.4, 0.5) is 11.4 Å². The van der Waals surface area contributed by atoms with Crippen molar-refractivity contribution in [1.82, 2.24) is 4.90 Å². The van der Waals surface area contributed by atoms with Crippen molar-refractivity contribution < 1.29 is 14.5 Å². The molecule has 1 saturated heterocycles. The van der Waals surface area contributed by atoms with Crippen LogP contribution >= 0.6 is 0 Å². The molecule has 1 fully saturated rings. The molecule has 2 aromatic carbocycles. The predicted molar refractivity (Wildman–Crippen MR) is 108 cm³/mol. The van der Waals surface area contributed by atoms with E-state index in [9.17, 15) is 14.9 Å². The third-order valence-corrected chi connectivity index (χ3v) is 5.07. The van der Waals surface area contributed by atoms with Crippen LogP contribution in [0.3, 0.4) is 0 Å². The second-order valence-corrected chi connectivity index (χ2v) is 6.96. The molecule has 0 radical (unpaired) electrons. The minimum Gasteiger partial charge on any atom is -0.497 e. The Kier molecular flexibility index (Phi) is 6.60. The number of anilines is 1. The van der Waals surface area contributed by atoms with E-state index in [1.165, 1.54) is 17.7 Å². The number of nitrogens with one attached hydrogen (secondary N) is 1. The first kappa shape index (κ1) is 19.8. The Morgan fingerprint density at radius 1 is 1.14 bits per heavy atom. The van der Waals surface area contributed by atoms with Gasteiger partial charge in [-0.2, -0.15) is 0 Å². The molecule has 148 valence electrons. The highest BCUT2D eigenvalue weighted by atomic mass is 16.6. The molecule has 2 aromatic rings. The van der Waals surface area contributed by atoms with Crippen LogP contribution in [0.2, 0.25) is 0 Å². The summed E-state index contributed by atoms with van der Waals surface area (Å²) in [5, 5.41) is 13.6. The van der Waals surface area contributed by atoms with E-state index in [2.05, 4.69) is 22.3 Å². The average Bonchev–Trinajstić information content (AvgIpc) is 2.94. The van der Waals surface area contributed by atoms with Crippen molar-refractivity contribution in [2.75, 3.05) is 25.5 Å². The maximum absolute atomic E-state index is 12.6. The summed E-state index contributed by atoms with van der Waals surface area (Å²) in [5.41, 5.74) is 1.75. The molecule has 0 aromatic heterocycles. The highest BCUT2D eigenvalue weighted by Crippen LogP contribution is 2.31. The van der Waals surface area contributed by atoms with Crippen molar-refractivity contribution in [3.8, 4) is 5.75 Å². The van der Waals surface area contributed by atoms with Gasteiger partial charge in [0.15, 0.2) is 0 Å². The Hall–Kier alpha value is -2.93. The van der Waals surface area contributed by atoms with Gasteiger partial charge in [0.1, 0.15) is 5.75 Å². The first-order chi connectivity index (χ1) is 13.6. The zero-order valence-corrected chi connectivity index (χ0v) is 16.0. The molecule has 3 rings (SSSR count). The van der Waals surface area contributed by atoms with Gasteiger partial charge < -0.3 is 10.1 Å². The van der Waals surface area contributed by atoms with Gasteiger partial charge >= 0.3 is 0 Å². The molecule has 1 aliphatic rings. The summed E-state index contributed by atoms with van der Waals surface area (Å²) in [7, 11) is 1.65. The fourth-order valence-corrected chi connectivity index (χ4v) is 3.61. The Morgan fingerprint density at radius 3 is 2.50 bits per heavy atom. The molecule has 7 nitrogen and oxygen atoms in total. The SMILES string of the molecule is COc1ccc([C@H]2CCCCCN2CC(=O)Nc2ccc([N+](=O)[O-])cc2)cc1. The number of nitro groups is 1. The second kappa shape index (κ2) is 9.32. The molecular weight excluding hydrogens is 358 g/mol. The van der Waals surface area contributed by atoms with Crippen molar-refractivity contribution >= 4 is 17.3 Å². The summed E-state index contributed by atoms with van der Waals surface area (Å²) in [4.78, 5) is 25.1. The van der Waals surface area contributed by atoms with Gasteiger partial charge in [-0.05, 0) is 49.2 Å². The second-order valence-electron chi connectivity index (χ2n) is 6.96. The third-order valence-electron chi connectivity index (χ3n) is 5.07. The number of rotatable bonds is 6. The number of hydrogen-bond acceptors (Lipinski definition) is 5. The quantitative estimate of drug-likeness (QED) is 0.598. The Bertz CT molecular complexity index is 805. The van der Waals surface area contributed by atoms with Crippen molar-refractivity contribution in [2.24, 2.45) is 0 Å². The molecule has 1 N–H and O–H groups in total. The van der Waals surface area contributed by atoms with Gasteiger partial charge in [-0.3, -0.25) is 19.8 Å². The fourth-order valence-electron chi connectivity index (χ4n) is 3.61. The van der Waals surface area contributed by atoms with Crippen molar-refractivity contribution in [3.05, 3.63) is 64.2 Å². The normalized spacial score (nSPS) is 17.5. The fraction of sp³-hybridized carbons (Fsp3) is 0.381. The molecule has 1 aliphatic heterocycles. The number of methoxy groups -OCH3 is 1. The number of likely N-dealkylation sites (tertiary alicyclic amines) is 1. The van der Waals surface area contributed by atoms with Gasteiger partial charge in [-0.1, -0.05) is 25.0 Å². The summed E-state index contributed by atoms with van der Waals surface area (Å²) in [6.07, 6.45) is 4.37. The van der Waals surface area contributed by atoms with E-state index in [1.807, 2.05) is 12.1 Å². The monoisotopic (exact) mass is 383 g/mol. The van der Waals surface area contributed by atoms with Gasteiger partial charge in [0.05, 0.1) is 18.6 Å². The summed E-state index contributed by atoms with van der Waals surface area (Å²) >= 11 is 0. The van der Waals surface area contributed by atoms with Crippen LogP contribution in [0, 0.1) is 10.1 Å². The molecule has 0 aliphatic carbocycles. The summed E-state index contributed by atoms with van der Waals surface area (Å²) in [5.74, 6) is 0.703. The number of carbonyl (C=O) groups excluding carboxylic acids is 1. The predicted octanol–water partition coefficient (Wildman–Crippen LogP) is 4.16. The van der Waals surface area contributed by atoms with Gasteiger partial charge in [0, 0.05) is 23.9 Å². The molecule has 0 spiro atoms. The molecule has 0 saturated carbocycles. The van der Waals surface area contributed by atoms with Crippen molar-refractivity contribution in [2.45, 2.75) is 31.7 Å². The van der Waals surface area contributed by atoms with E-state index in [-0.39, 0.29) is 24.2 Å². The number of carbonyl (C=O) groups is 1. The summed E-state index contributed by atoms with van der Waals surface area (Å²) in [6.45, 7) is 1.15. The molecule has 0 unspecified atom stereocenters. The van der Waals surface area contributed by atoms with Gasteiger partial charge in [0.25, 0.3) is 5.69 Å².